The van der Waals surface area contributed by atoms with Crippen LogP contribution in [0.5, 0.6) is 11.5 Å². The number of hydrogen-bond acceptors (Lipinski definition) is 5. The normalized spacial score (nSPS) is 10.7. The minimum Gasteiger partial charge on any atom is -0.508 e. The minimum absolute atomic E-state index is 0.0604. The van der Waals surface area contributed by atoms with Gasteiger partial charge in [-0.25, -0.2) is 4.79 Å². The van der Waals surface area contributed by atoms with E-state index in [9.17, 15) is 9.90 Å². The smallest absolute Gasteiger partial charge is 0.335 e. The first-order valence-corrected chi connectivity index (χ1v) is 6.19. The minimum atomic E-state index is -1.07. The Hall–Kier alpha value is -2.73. The lowest BCUT2D eigenvalue weighted by Gasteiger charge is -2.05. The van der Waals surface area contributed by atoms with Gasteiger partial charge in [0.25, 0.3) is 0 Å². The van der Waals surface area contributed by atoms with Crippen molar-refractivity contribution in [1.29, 1.82) is 0 Å². The van der Waals surface area contributed by atoms with Crippen LogP contribution in [0.25, 0.3) is 0 Å². The molecular weight excluding hydrogens is 296 g/mol. The number of carboxylic acid groups (broad SMARTS) is 1. The van der Waals surface area contributed by atoms with E-state index < -0.39 is 5.97 Å². The van der Waals surface area contributed by atoms with Crippen LogP contribution in [0, 0.1) is 0 Å². The fourth-order valence-corrected chi connectivity index (χ4v) is 1.72. The zero-order chi connectivity index (χ0) is 15.4. The molecule has 0 saturated heterocycles. The summed E-state index contributed by atoms with van der Waals surface area (Å²) in [5.41, 5.74) is 3.38. The quantitative estimate of drug-likeness (QED) is 0.514. The van der Waals surface area contributed by atoms with E-state index in [2.05, 4.69) is 10.5 Å². The number of nitrogens with one attached hydrogen (secondary N) is 1. The predicted molar refractivity (Wildman–Crippen MR) is 79.4 cm³/mol. The molecule has 0 radical (unpaired) electrons. The van der Waals surface area contributed by atoms with Crippen LogP contribution in [0.1, 0.15) is 15.9 Å². The third-order valence-corrected chi connectivity index (χ3v) is 2.95. The first kappa shape index (κ1) is 14.7. The van der Waals surface area contributed by atoms with Gasteiger partial charge in [0.05, 0.1) is 22.5 Å². The fraction of sp³-hybridized carbons (Fsp3) is 0. The van der Waals surface area contributed by atoms with Gasteiger partial charge in [-0.05, 0) is 30.3 Å². The molecular formula is C14H11ClN2O4. The van der Waals surface area contributed by atoms with E-state index >= 15 is 0 Å². The Labute approximate surface area is 124 Å². The number of aromatic carboxylic acids is 1. The molecule has 0 saturated carbocycles. The topological polar surface area (TPSA) is 102 Å². The summed E-state index contributed by atoms with van der Waals surface area (Å²) in [5.74, 6) is -1.27. The number of hydrazone groups is 1. The van der Waals surface area contributed by atoms with Gasteiger partial charge >= 0.3 is 5.97 Å². The third kappa shape index (κ3) is 3.64. The number of rotatable bonds is 4. The van der Waals surface area contributed by atoms with Crippen LogP contribution in [0.2, 0.25) is 5.02 Å². The second-order valence-electron chi connectivity index (χ2n) is 4.11. The van der Waals surface area contributed by atoms with Gasteiger partial charge < -0.3 is 15.3 Å². The molecule has 7 heteroatoms. The summed E-state index contributed by atoms with van der Waals surface area (Å²) in [6.07, 6.45) is 1.32. The van der Waals surface area contributed by atoms with E-state index in [1.165, 1.54) is 42.6 Å². The van der Waals surface area contributed by atoms with Crippen molar-refractivity contribution in [2.24, 2.45) is 5.10 Å². The summed E-state index contributed by atoms with van der Waals surface area (Å²) in [6, 6.07) is 8.23. The second kappa shape index (κ2) is 6.15. The molecule has 0 heterocycles. The number of carbonyl (C=O) groups is 1. The number of aromatic hydroxyl groups is 2. The van der Waals surface area contributed by atoms with E-state index in [1.54, 1.807) is 0 Å². The third-order valence-electron chi connectivity index (χ3n) is 2.62. The van der Waals surface area contributed by atoms with Crippen LogP contribution in [0.15, 0.2) is 41.5 Å². The number of phenolic OH excluding ortho intramolecular Hbond substituents is 2. The number of carboxylic acids is 1. The highest BCUT2D eigenvalue weighted by Crippen LogP contribution is 2.24. The van der Waals surface area contributed by atoms with Crippen molar-refractivity contribution >= 4 is 29.5 Å². The molecule has 21 heavy (non-hydrogen) atoms. The zero-order valence-electron chi connectivity index (χ0n) is 10.6. The Balaban J connectivity index is 2.17. The molecule has 6 nitrogen and oxygen atoms in total. The molecule has 108 valence electrons. The molecule has 0 fully saturated rings. The van der Waals surface area contributed by atoms with Gasteiger partial charge in [0, 0.05) is 11.6 Å². The number of halogens is 1. The first-order valence-electron chi connectivity index (χ1n) is 5.81. The van der Waals surface area contributed by atoms with Gasteiger partial charge in [0.2, 0.25) is 0 Å². The standard InChI is InChI=1S/C14H11ClN2O4/c15-11-4-2-8(14(20)21)5-12(11)17-16-7-9-1-3-10(18)6-13(9)19/h1-7,17-19H,(H,20,21)/b16-7+. The van der Waals surface area contributed by atoms with E-state index in [4.69, 9.17) is 21.8 Å². The number of benzene rings is 2. The zero-order valence-corrected chi connectivity index (χ0v) is 11.4. The van der Waals surface area contributed by atoms with Crippen LogP contribution >= 0.6 is 11.6 Å². The molecule has 4 N–H and O–H groups in total. The van der Waals surface area contributed by atoms with E-state index in [0.717, 1.165) is 0 Å². The van der Waals surface area contributed by atoms with Crippen molar-refractivity contribution in [1.82, 2.24) is 0 Å². The first-order chi connectivity index (χ1) is 9.97. The summed E-state index contributed by atoms with van der Waals surface area (Å²) in [4.78, 5) is 10.9. The van der Waals surface area contributed by atoms with Crippen LogP contribution in [-0.2, 0) is 0 Å². The average molecular weight is 307 g/mol. The molecule has 2 aromatic carbocycles. The lowest BCUT2D eigenvalue weighted by Crippen LogP contribution is -1.98. The summed E-state index contributed by atoms with van der Waals surface area (Å²) in [7, 11) is 0. The second-order valence-corrected chi connectivity index (χ2v) is 4.52. The Bertz CT molecular complexity index is 716. The SMILES string of the molecule is O=C(O)c1ccc(Cl)c(N/N=C/c2ccc(O)cc2O)c1. The van der Waals surface area contributed by atoms with Crippen molar-refractivity contribution in [3.8, 4) is 11.5 Å². The molecule has 0 aliphatic rings. The molecule has 0 spiro atoms. The summed E-state index contributed by atoms with van der Waals surface area (Å²) >= 11 is 5.92. The summed E-state index contributed by atoms with van der Waals surface area (Å²) < 4.78 is 0. The van der Waals surface area contributed by atoms with E-state index in [1.807, 2.05) is 0 Å². The van der Waals surface area contributed by atoms with Crippen molar-refractivity contribution in [2.75, 3.05) is 5.43 Å². The largest absolute Gasteiger partial charge is 0.508 e. The highest BCUT2D eigenvalue weighted by Gasteiger charge is 2.06. The average Bonchev–Trinajstić information content (AvgIpc) is 2.43. The maximum atomic E-state index is 10.9. The summed E-state index contributed by atoms with van der Waals surface area (Å²) in [6.45, 7) is 0. The van der Waals surface area contributed by atoms with E-state index in [0.29, 0.717) is 16.3 Å². The van der Waals surface area contributed by atoms with Crippen molar-refractivity contribution < 1.29 is 20.1 Å². The molecule has 0 amide bonds. The van der Waals surface area contributed by atoms with Crippen LogP contribution in [0.4, 0.5) is 5.69 Å². The molecule has 0 aliphatic carbocycles. The number of anilines is 1. The number of phenols is 2. The van der Waals surface area contributed by atoms with Gasteiger partial charge in [-0.2, -0.15) is 5.10 Å². The molecule has 2 rings (SSSR count). The molecule has 0 bridgehead atoms. The highest BCUT2D eigenvalue weighted by atomic mass is 35.5. The predicted octanol–water partition coefficient (Wildman–Crippen LogP) is 2.90. The monoisotopic (exact) mass is 306 g/mol. The number of nitrogens with zero attached hydrogens (tertiary/aromatic N) is 1. The van der Waals surface area contributed by atoms with Gasteiger partial charge in [0.15, 0.2) is 0 Å². The van der Waals surface area contributed by atoms with Crippen LogP contribution in [0.3, 0.4) is 0 Å². The Morgan fingerprint density at radius 1 is 1.19 bits per heavy atom. The Morgan fingerprint density at radius 2 is 1.95 bits per heavy atom. The van der Waals surface area contributed by atoms with Crippen LogP contribution in [-0.4, -0.2) is 27.5 Å². The highest BCUT2D eigenvalue weighted by molar-refractivity contribution is 6.33. The molecule has 0 unspecified atom stereocenters. The maximum Gasteiger partial charge on any atom is 0.335 e. The van der Waals surface area contributed by atoms with Crippen molar-refractivity contribution in [3.63, 3.8) is 0 Å². The molecule has 2 aromatic rings. The van der Waals surface area contributed by atoms with Crippen LogP contribution < -0.4 is 5.43 Å². The Kier molecular flexibility index (Phi) is 4.30. The molecule has 0 atom stereocenters. The lowest BCUT2D eigenvalue weighted by molar-refractivity contribution is 0.0697. The van der Waals surface area contributed by atoms with Gasteiger partial charge in [-0.3, -0.25) is 5.43 Å². The van der Waals surface area contributed by atoms with Crippen molar-refractivity contribution in [2.45, 2.75) is 0 Å². The molecule has 0 aliphatic heterocycles. The van der Waals surface area contributed by atoms with Gasteiger partial charge in [0.1, 0.15) is 11.5 Å². The van der Waals surface area contributed by atoms with Crippen molar-refractivity contribution in [3.05, 3.63) is 52.5 Å². The van der Waals surface area contributed by atoms with Gasteiger partial charge in [-0.1, -0.05) is 11.6 Å². The Morgan fingerprint density at radius 3 is 2.62 bits per heavy atom. The fourth-order valence-electron chi connectivity index (χ4n) is 1.56. The lowest BCUT2D eigenvalue weighted by atomic mass is 10.2. The molecule has 0 aromatic heterocycles. The van der Waals surface area contributed by atoms with Gasteiger partial charge in [-0.15, -0.1) is 0 Å². The number of hydrogen-bond donors (Lipinski definition) is 4. The maximum absolute atomic E-state index is 10.9. The van der Waals surface area contributed by atoms with E-state index in [-0.39, 0.29) is 17.1 Å². The summed E-state index contributed by atoms with van der Waals surface area (Å²) in [5, 5.41) is 31.8.